The van der Waals surface area contributed by atoms with Gasteiger partial charge in [-0.2, -0.15) is 0 Å². The zero-order chi connectivity index (χ0) is 22.2. The number of para-hydroxylation sites is 1. The zero-order valence-electron chi connectivity index (χ0n) is 16.1. The Morgan fingerprint density at radius 1 is 0.935 bits per heavy atom. The average Bonchev–Trinajstić information content (AvgIpc) is 3.30. The predicted octanol–water partition coefficient (Wildman–Crippen LogP) is 4.58. The van der Waals surface area contributed by atoms with Gasteiger partial charge in [-0.05, 0) is 29.1 Å². The largest absolute Gasteiger partial charge is 0.454 e. The predicted molar refractivity (Wildman–Crippen MR) is 122 cm³/mol. The molecule has 3 aromatic rings. The molecule has 0 saturated heterocycles. The molecule has 1 aromatic heterocycles. The topological polar surface area (TPSA) is 84.5 Å². The number of ether oxygens (including phenoxy) is 1. The first-order valence-corrected chi connectivity index (χ1v) is 10.9. The molecule has 2 aromatic carbocycles. The summed E-state index contributed by atoms with van der Waals surface area (Å²) in [6.45, 7) is -0.555. The van der Waals surface area contributed by atoms with Gasteiger partial charge >= 0.3 is 5.97 Å². The quantitative estimate of drug-likeness (QED) is 0.466. The SMILES string of the molecule is O=C(COC(=O)[C@@H](Cc1ccccc1)NC(=O)c1cccs1)Nc1c(Cl)cccc1Cl. The molecule has 0 spiro atoms. The number of hydrogen-bond acceptors (Lipinski definition) is 5. The normalized spacial score (nSPS) is 11.4. The van der Waals surface area contributed by atoms with E-state index in [0.717, 1.165) is 5.56 Å². The fraction of sp³-hybridized carbons (Fsp3) is 0.136. The summed E-state index contributed by atoms with van der Waals surface area (Å²) in [6, 6.07) is 16.4. The first-order valence-electron chi connectivity index (χ1n) is 9.23. The van der Waals surface area contributed by atoms with Crippen molar-refractivity contribution in [2.75, 3.05) is 11.9 Å². The number of amides is 2. The molecule has 0 aliphatic heterocycles. The van der Waals surface area contributed by atoms with Crippen LogP contribution in [-0.2, 0) is 20.7 Å². The van der Waals surface area contributed by atoms with Crippen molar-refractivity contribution in [3.8, 4) is 0 Å². The molecule has 9 heteroatoms. The Bertz CT molecular complexity index is 1040. The van der Waals surface area contributed by atoms with Crippen LogP contribution >= 0.6 is 34.5 Å². The van der Waals surface area contributed by atoms with Gasteiger partial charge in [0.1, 0.15) is 6.04 Å². The molecule has 2 N–H and O–H groups in total. The Labute approximate surface area is 193 Å². The first-order chi connectivity index (χ1) is 14.9. The monoisotopic (exact) mass is 476 g/mol. The molecule has 0 aliphatic rings. The fourth-order valence-corrected chi connectivity index (χ4v) is 3.83. The van der Waals surface area contributed by atoms with Crippen molar-refractivity contribution in [2.45, 2.75) is 12.5 Å². The van der Waals surface area contributed by atoms with E-state index in [1.807, 2.05) is 30.3 Å². The summed E-state index contributed by atoms with van der Waals surface area (Å²) in [5.41, 5.74) is 1.07. The Morgan fingerprint density at radius 2 is 1.65 bits per heavy atom. The highest BCUT2D eigenvalue weighted by Gasteiger charge is 2.25. The van der Waals surface area contributed by atoms with Gasteiger partial charge in [0.25, 0.3) is 11.8 Å². The van der Waals surface area contributed by atoms with Crippen LogP contribution in [0.5, 0.6) is 0 Å². The molecule has 0 unspecified atom stereocenters. The minimum atomic E-state index is -0.964. The number of nitrogens with one attached hydrogen (secondary N) is 2. The van der Waals surface area contributed by atoms with Gasteiger partial charge in [0, 0.05) is 6.42 Å². The molecule has 1 heterocycles. The van der Waals surface area contributed by atoms with Gasteiger partial charge in [-0.15, -0.1) is 11.3 Å². The minimum Gasteiger partial charge on any atom is -0.454 e. The molecule has 2 amide bonds. The van der Waals surface area contributed by atoms with E-state index >= 15 is 0 Å². The summed E-state index contributed by atoms with van der Waals surface area (Å²) in [7, 11) is 0. The van der Waals surface area contributed by atoms with Gasteiger partial charge in [-0.25, -0.2) is 4.79 Å². The third-order valence-electron chi connectivity index (χ3n) is 4.19. The summed E-state index contributed by atoms with van der Waals surface area (Å²) in [5, 5.41) is 7.49. The molecule has 0 aliphatic carbocycles. The number of rotatable bonds is 8. The van der Waals surface area contributed by atoms with Crippen molar-refractivity contribution in [3.63, 3.8) is 0 Å². The molecule has 31 heavy (non-hydrogen) atoms. The lowest BCUT2D eigenvalue weighted by molar-refractivity contribution is -0.149. The highest BCUT2D eigenvalue weighted by Crippen LogP contribution is 2.29. The van der Waals surface area contributed by atoms with Crippen molar-refractivity contribution >= 4 is 58.0 Å². The van der Waals surface area contributed by atoms with E-state index in [1.165, 1.54) is 11.3 Å². The highest BCUT2D eigenvalue weighted by molar-refractivity contribution is 7.12. The molecule has 0 radical (unpaired) electrons. The Morgan fingerprint density at radius 3 is 2.29 bits per heavy atom. The Balaban J connectivity index is 1.64. The summed E-state index contributed by atoms with van der Waals surface area (Å²) in [5.74, 6) is -1.72. The van der Waals surface area contributed by atoms with Crippen LogP contribution in [-0.4, -0.2) is 30.4 Å². The minimum absolute atomic E-state index is 0.217. The molecular weight excluding hydrogens is 459 g/mol. The second kappa shape index (κ2) is 10.9. The van der Waals surface area contributed by atoms with Crippen molar-refractivity contribution in [2.24, 2.45) is 0 Å². The molecule has 0 fully saturated rings. The third-order valence-corrected chi connectivity index (χ3v) is 5.69. The van der Waals surface area contributed by atoms with Crippen LogP contribution in [0.4, 0.5) is 5.69 Å². The van der Waals surface area contributed by atoms with Crippen molar-refractivity contribution in [1.29, 1.82) is 0 Å². The molecule has 160 valence electrons. The maximum atomic E-state index is 12.7. The zero-order valence-corrected chi connectivity index (χ0v) is 18.5. The first kappa shape index (κ1) is 22.8. The maximum Gasteiger partial charge on any atom is 0.329 e. The van der Waals surface area contributed by atoms with Gasteiger partial charge in [0.2, 0.25) is 0 Å². The van der Waals surface area contributed by atoms with Gasteiger partial charge in [-0.1, -0.05) is 65.7 Å². The van der Waals surface area contributed by atoms with Crippen LogP contribution in [0.25, 0.3) is 0 Å². The number of thiophene rings is 1. The molecule has 0 saturated carbocycles. The molecule has 3 rings (SSSR count). The van der Waals surface area contributed by atoms with E-state index in [4.69, 9.17) is 27.9 Å². The highest BCUT2D eigenvalue weighted by atomic mass is 35.5. The lowest BCUT2D eigenvalue weighted by Crippen LogP contribution is -2.43. The van der Waals surface area contributed by atoms with Crippen LogP contribution in [0.1, 0.15) is 15.2 Å². The standard InChI is InChI=1S/C22H18Cl2N2O4S/c23-15-8-4-9-16(24)20(15)26-19(27)13-30-22(29)17(12-14-6-2-1-3-7-14)25-21(28)18-10-5-11-31-18/h1-11,17H,12-13H2,(H,25,28)(H,26,27)/t17-/m1/s1. The lowest BCUT2D eigenvalue weighted by Gasteiger charge is -2.17. The van der Waals surface area contributed by atoms with E-state index in [0.29, 0.717) is 4.88 Å². The van der Waals surface area contributed by atoms with E-state index in [1.54, 1.807) is 35.7 Å². The number of anilines is 1. The number of halogens is 2. The number of esters is 1. The van der Waals surface area contributed by atoms with E-state index in [9.17, 15) is 14.4 Å². The Kier molecular flexibility index (Phi) is 8.06. The van der Waals surface area contributed by atoms with Crippen LogP contribution in [0.2, 0.25) is 10.0 Å². The summed E-state index contributed by atoms with van der Waals surface area (Å²) < 4.78 is 5.16. The van der Waals surface area contributed by atoms with Crippen molar-refractivity contribution in [3.05, 3.63) is 86.5 Å². The third kappa shape index (κ3) is 6.55. The molecule has 1 atom stereocenters. The van der Waals surface area contributed by atoms with Gasteiger partial charge in [-0.3, -0.25) is 9.59 Å². The summed E-state index contributed by atoms with van der Waals surface area (Å²) in [4.78, 5) is 37.8. The van der Waals surface area contributed by atoms with Gasteiger partial charge < -0.3 is 15.4 Å². The Hall–Kier alpha value is -2.87. The average molecular weight is 477 g/mol. The summed E-state index contributed by atoms with van der Waals surface area (Å²) in [6.07, 6.45) is 0.217. The molecular formula is C22H18Cl2N2O4S. The number of benzene rings is 2. The fourth-order valence-electron chi connectivity index (χ4n) is 2.71. The maximum absolute atomic E-state index is 12.7. The van der Waals surface area contributed by atoms with E-state index < -0.39 is 24.5 Å². The molecule has 6 nitrogen and oxygen atoms in total. The van der Waals surface area contributed by atoms with Crippen molar-refractivity contribution in [1.82, 2.24) is 5.32 Å². The van der Waals surface area contributed by atoms with Crippen LogP contribution < -0.4 is 10.6 Å². The van der Waals surface area contributed by atoms with Crippen LogP contribution in [0.15, 0.2) is 66.0 Å². The second-order valence-corrected chi connectivity index (χ2v) is 8.21. The lowest BCUT2D eigenvalue weighted by atomic mass is 10.1. The second-order valence-electron chi connectivity index (χ2n) is 6.45. The van der Waals surface area contributed by atoms with Crippen LogP contribution in [0, 0.1) is 0 Å². The number of hydrogen-bond donors (Lipinski definition) is 2. The summed E-state index contributed by atoms with van der Waals surface area (Å²) >= 11 is 13.3. The molecule has 0 bridgehead atoms. The van der Waals surface area contributed by atoms with Gasteiger partial charge in [0.05, 0.1) is 20.6 Å². The van der Waals surface area contributed by atoms with E-state index in [-0.39, 0.29) is 28.1 Å². The van der Waals surface area contributed by atoms with Gasteiger partial charge in [0.15, 0.2) is 6.61 Å². The number of carbonyl (C=O) groups excluding carboxylic acids is 3. The van der Waals surface area contributed by atoms with Crippen LogP contribution in [0.3, 0.4) is 0 Å². The van der Waals surface area contributed by atoms with Crippen molar-refractivity contribution < 1.29 is 19.1 Å². The smallest absolute Gasteiger partial charge is 0.329 e. The van der Waals surface area contributed by atoms with E-state index in [2.05, 4.69) is 10.6 Å². The number of carbonyl (C=O) groups is 3.